The molecule has 1 N–H and O–H groups in total. The number of hydrogen-bond donors (Lipinski definition) is 1. The minimum absolute atomic E-state index is 0.197. The molecule has 1 aromatic rings. The molecule has 0 unspecified atom stereocenters. The molecule has 1 aliphatic rings. The first kappa shape index (κ1) is 13.5. The monoisotopic (exact) mass is 264 g/mol. The van der Waals surface area contributed by atoms with E-state index >= 15 is 0 Å². The van der Waals surface area contributed by atoms with Crippen molar-refractivity contribution in [2.45, 2.75) is 32.0 Å². The van der Waals surface area contributed by atoms with Crippen LogP contribution in [0.2, 0.25) is 0 Å². The number of nitrogens with zero attached hydrogens (tertiary/aromatic N) is 2. The van der Waals surface area contributed by atoms with E-state index in [1.54, 1.807) is 29.4 Å². The van der Waals surface area contributed by atoms with Crippen LogP contribution in [0.25, 0.3) is 0 Å². The van der Waals surface area contributed by atoms with Gasteiger partial charge in [-0.3, -0.25) is 9.78 Å². The predicted molar refractivity (Wildman–Crippen MR) is 67.8 cm³/mol. The van der Waals surface area contributed by atoms with Gasteiger partial charge < -0.3 is 14.7 Å². The lowest BCUT2D eigenvalue weighted by Gasteiger charge is -2.24. The molecule has 0 aliphatic carbocycles. The Morgan fingerprint density at radius 3 is 2.53 bits per heavy atom. The van der Waals surface area contributed by atoms with Crippen molar-refractivity contribution < 1.29 is 19.4 Å². The van der Waals surface area contributed by atoms with Crippen LogP contribution >= 0.6 is 0 Å². The van der Waals surface area contributed by atoms with Gasteiger partial charge in [-0.05, 0) is 31.9 Å². The Hall–Kier alpha value is -1.95. The van der Waals surface area contributed by atoms with Gasteiger partial charge in [0, 0.05) is 24.6 Å². The number of carbonyl (C=O) groups excluding carboxylic acids is 1. The summed E-state index contributed by atoms with van der Waals surface area (Å²) < 4.78 is 5.28. The zero-order chi connectivity index (χ0) is 13.8. The minimum atomic E-state index is -1.01. The second-order valence-electron chi connectivity index (χ2n) is 4.32. The normalized spacial score (nSPS) is 22.2. The van der Waals surface area contributed by atoms with Crippen LogP contribution in [-0.4, -0.2) is 40.7 Å². The summed E-state index contributed by atoms with van der Waals surface area (Å²) in [6.07, 6.45) is 2.50. The van der Waals surface area contributed by atoms with Gasteiger partial charge in [-0.1, -0.05) is 0 Å². The second-order valence-corrected chi connectivity index (χ2v) is 4.32. The summed E-state index contributed by atoms with van der Waals surface area (Å²) in [6.45, 7) is 2.36. The van der Waals surface area contributed by atoms with Crippen molar-refractivity contribution in [3.63, 3.8) is 0 Å². The summed E-state index contributed by atoms with van der Waals surface area (Å²) in [5.74, 6) is -1.21. The fourth-order valence-electron chi connectivity index (χ4n) is 2.16. The molecular weight excluding hydrogens is 248 g/mol. The summed E-state index contributed by atoms with van der Waals surface area (Å²) in [4.78, 5) is 28.6. The first-order valence-corrected chi connectivity index (χ1v) is 6.23. The van der Waals surface area contributed by atoms with Gasteiger partial charge in [0.1, 0.15) is 6.10 Å². The molecule has 0 radical (unpaired) electrons. The number of likely N-dealkylation sites (N-methyl/N-ethyl adjacent to an activating group) is 1. The number of aliphatic carboxylic acids is 1. The molecule has 0 saturated carbocycles. The number of carboxylic acids is 1. The largest absolute Gasteiger partial charge is 0.479 e. The predicted octanol–water partition coefficient (Wildman–Crippen LogP) is 1.07. The van der Waals surface area contributed by atoms with Gasteiger partial charge >= 0.3 is 5.97 Å². The van der Waals surface area contributed by atoms with Gasteiger partial charge in [0.2, 0.25) is 0 Å². The molecule has 6 nitrogen and oxygen atoms in total. The Bertz CT molecular complexity index is 463. The molecule has 1 fully saturated rings. The molecule has 19 heavy (non-hydrogen) atoms. The van der Waals surface area contributed by atoms with E-state index in [1.165, 1.54) is 0 Å². The highest BCUT2D eigenvalue weighted by molar-refractivity contribution is 5.97. The van der Waals surface area contributed by atoms with E-state index in [4.69, 9.17) is 9.84 Å². The van der Waals surface area contributed by atoms with E-state index < -0.39 is 18.2 Å². The maximum Gasteiger partial charge on any atom is 0.332 e. The summed E-state index contributed by atoms with van der Waals surface area (Å²) in [7, 11) is 0. The van der Waals surface area contributed by atoms with Crippen LogP contribution < -0.4 is 4.90 Å². The van der Waals surface area contributed by atoms with Crippen molar-refractivity contribution in [1.82, 2.24) is 4.98 Å². The Labute approximate surface area is 111 Å². The number of amides is 1. The maximum absolute atomic E-state index is 12.3. The van der Waals surface area contributed by atoms with E-state index in [1.807, 2.05) is 6.92 Å². The van der Waals surface area contributed by atoms with Crippen LogP contribution in [0.5, 0.6) is 0 Å². The average molecular weight is 264 g/mol. The molecule has 1 saturated heterocycles. The van der Waals surface area contributed by atoms with Crippen LogP contribution in [0.3, 0.4) is 0 Å². The molecular formula is C13H16N2O4. The molecule has 0 spiro atoms. The van der Waals surface area contributed by atoms with Gasteiger partial charge in [0.05, 0.1) is 0 Å². The standard InChI is InChI=1S/C13H16N2O4/c1-2-15(9-5-7-14-8-6-9)12(16)10-3-4-11(19-10)13(17)18/h5-8,10-11H,2-4H2,1H3,(H,17,18)/t10-,11+/m0/s1. The summed E-state index contributed by atoms with van der Waals surface area (Å²) in [5.41, 5.74) is 0.741. The van der Waals surface area contributed by atoms with Crippen LogP contribution in [0.1, 0.15) is 19.8 Å². The Balaban J connectivity index is 2.08. The first-order valence-electron chi connectivity index (χ1n) is 6.23. The van der Waals surface area contributed by atoms with Gasteiger partial charge in [-0.15, -0.1) is 0 Å². The van der Waals surface area contributed by atoms with Crippen molar-refractivity contribution in [2.75, 3.05) is 11.4 Å². The number of carbonyl (C=O) groups is 2. The number of carboxylic acid groups (broad SMARTS) is 1. The third-order valence-corrected chi connectivity index (χ3v) is 3.13. The summed E-state index contributed by atoms with van der Waals surface area (Å²) in [5, 5.41) is 8.87. The molecule has 2 atom stereocenters. The van der Waals surface area contributed by atoms with Crippen molar-refractivity contribution in [1.29, 1.82) is 0 Å². The Kier molecular flexibility index (Phi) is 4.11. The topological polar surface area (TPSA) is 79.7 Å². The SMILES string of the molecule is CCN(C(=O)[C@@H]1CC[C@H](C(=O)O)O1)c1ccncc1. The van der Waals surface area contributed by atoms with Gasteiger partial charge in [-0.25, -0.2) is 4.79 Å². The van der Waals surface area contributed by atoms with E-state index in [2.05, 4.69) is 4.98 Å². The van der Waals surface area contributed by atoms with Gasteiger partial charge in [0.25, 0.3) is 5.91 Å². The lowest BCUT2D eigenvalue weighted by Crippen LogP contribution is -2.39. The number of rotatable bonds is 4. The molecule has 1 aliphatic heterocycles. The highest BCUT2D eigenvalue weighted by atomic mass is 16.5. The van der Waals surface area contributed by atoms with Crippen molar-refractivity contribution >= 4 is 17.6 Å². The van der Waals surface area contributed by atoms with Crippen LogP contribution in [0.4, 0.5) is 5.69 Å². The summed E-state index contributed by atoms with van der Waals surface area (Å²) in [6, 6.07) is 3.48. The van der Waals surface area contributed by atoms with Crippen LogP contribution in [0, 0.1) is 0 Å². The molecule has 2 rings (SSSR count). The van der Waals surface area contributed by atoms with Crippen molar-refractivity contribution in [3.05, 3.63) is 24.5 Å². The Morgan fingerprint density at radius 2 is 2.00 bits per heavy atom. The fourth-order valence-corrected chi connectivity index (χ4v) is 2.16. The molecule has 2 heterocycles. The smallest absolute Gasteiger partial charge is 0.332 e. The number of aromatic nitrogens is 1. The first-order chi connectivity index (χ1) is 9.13. The average Bonchev–Trinajstić information content (AvgIpc) is 2.90. The number of hydrogen-bond acceptors (Lipinski definition) is 4. The molecule has 6 heteroatoms. The number of pyridine rings is 1. The Morgan fingerprint density at radius 1 is 1.37 bits per heavy atom. The molecule has 0 bridgehead atoms. The minimum Gasteiger partial charge on any atom is -0.479 e. The van der Waals surface area contributed by atoms with E-state index in [0.717, 1.165) is 5.69 Å². The number of anilines is 1. The second kappa shape index (κ2) is 5.79. The lowest BCUT2D eigenvalue weighted by atomic mass is 10.1. The zero-order valence-corrected chi connectivity index (χ0v) is 10.7. The van der Waals surface area contributed by atoms with E-state index in [9.17, 15) is 9.59 Å². The lowest BCUT2D eigenvalue weighted by molar-refractivity contribution is -0.151. The fraction of sp³-hybridized carbons (Fsp3) is 0.462. The number of ether oxygens (including phenoxy) is 1. The van der Waals surface area contributed by atoms with Gasteiger partial charge in [0.15, 0.2) is 6.10 Å². The zero-order valence-electron chi connectivity index (χ0n) is 10.7. The van der Waals surface area contributed by atoms with Crippen molar-refractivity contribution in [2.24, 2.45) is 0 Å². The quantitative estimate of drug-likeness (QED) is 0.879. The van der Waals surface area contributed by atoms with E-state index in [-0.39, 0.29) is 5.91 Å². The van der Waals surface area contributed by atoms with Crippen molar-refractivity contribution in [3.8, 4) is 0 Å². The molecule has 1 aromatic heterocycles. The third kappa shape index (κ3) is 2.90. The third-order valence-electron chi connectivity index (χ3n) is 3.13. The van der Waals surface area contributed by atoms with Crippen LogP contribution in [0.15, 0.2) is 24.5 Å². The molecule has 0 aromatic carbocycles. The maximum atomic E-state index is 12.3. The summed E-state index contributed by atoms with van der Waals surface area (Å²) >= 11 is 0. The molecule has 1 amide bonds. The van der Waals surface area contributed by atoms with Crippen LogP contribution in [-0.2, 0) is 14.3 Å². The highest BCUT2D eigenvalue weighted by Crippen LogP contribution is 2.23. The van der Waals surface area contributed by atoms with E-state index in [0.29, 0.717) is 19.4 Å². The van der Waals surface area contributed by atoms with Gasteiger partial charge in [-0.2, -0.15) is 0 Å². The molecule has 102 valence electrons. The highest BCUT2D eigenvalue weighted by Gasteiger charge is 2.36.